The van der Waals surface area contributed by atoms with Crippen LogP contribution in [0.4, 0.5) is 13.2 Å². The standard InChI is InChI=1S/C26H16ClF3O7/c1-34-25(33)15-4-8-17(9-5-15)36-23-22(32)19-11-10-18(12-21(19)37-24(23)26(28,29)30)35-13-20(31)14-2-6-16(27)7-3-14/h2-12H,13H2,1H3. The third kappa shape index (κ3) is 5.75. The maximum atomic E-state index is 13.8. The zero-order valence-electron chi connectivity index (χ0n) is 18.9. The van der Waals surface area contributed by atoms with Gasteiger partial charge >= 0.3 is 12.1 Å². The van der Waals surface area contributed by atoms with Crippen molar-refractivity contribution in [3.8, 4) is 17.2 Å². The summed E-state index contributed by atoms with van der Waals surface area (Å²) in [5, 5.41) is 0.245. The third-order valence-electron chi connectivity index (χ3n) is 5.11. The average Bonchev–Trinajstić information content (AvgIpc) is 2.88. The summed E-state index contributed by atoms with van der Waals surface area (Å²) in [5.74, 6) is -3.89. The first kappa shape index (κ1) is 25.8. The van der Waals surface area contributed by atoms with Gasteiger partial charge in [-0.3, -0.25) is 9.59 Å². The molecular weight excluding hydrogens is 517 g/mol. The zero-order valence-corrected chi connectivity index (χ0v) is 19.7. The van der Waals surface area contributed by atoms with Crippen molar-refractivity contribution in [2.45, 2.75) is 6.18 Å². The number of rotatable bonds is 7. The second-order valence-corrected chi connectivity index (χ2v) is 8.02. The number of hydrogen-bond donors (Lipinski definition) is 0. The van der Waals surface area contributed by atoms with Crippen LogP contribution in [0.25, 0.3) is 11.0 Å². The molecule has 7 nitrogen and oxygen atoms in total. The van der Waals surface area contributed by atoms with Gasteiger partial charge in [0.2, 0.25) is 11.2 Å². The molecule has 0 aliphatic carbocycles. The van der Waals surface area contributed by atoms with E-state index in [-0.39, 0.29) is 22.4 Å². The number of methoxy groups -OCH3 is 1. The van der Waals surface area contributed by atoms with Crippen molar-refractivity contribution in [3.63, 3.8) is 0 Å². The second kappa shape index (κ2) is 10.4. The Labute approximate surface area is 211 Å². The average molecular weight is 533 g/mol. The topological polar surface area (TPSA) is 92.0 Å². The van der Waals surface area contributed by atoms with Crippen molar-refractivity contribution in [2.24, 2.45) is 0 Å². The Morgan fingerprint density at radius 1 is 0.919 bits per heavy atom. The highest BCUT2D eigenvalue weighted by molar-refractivity contribution is 6.30. The van der Waals surface area contributed by atoms with Crippen LogP contribution >= 0.6 is 11.6 Å². The number of halogens is 4. The van der Waals surface area contributed by atoms with Crippen molar-refractivity contribution >= 4 is 34.3 Å². The van der Waals surface area contributed by atoms with Gasteiger partial charge in [-0.25, -0.2) is 4.79 Å². The Balaban J connectivity index is 1.64. The molecule has 0 aliphatic heterocycles. The molecule has 0 fully saturated rings. The molecule has 0 bridgehead atoms. The SMILES string of the molecule is COC(=O)c1ccc(Oc2c(C(F)(F)F)oc3cc(OCC(=O)c4ccc(Cl)cc4)ccc3c2=O)cc1. The van der Waals surface area contributed by atoms with Gasteiger partial charge in [0, 0.05) is 16.7 Å². The minimum absolute atomic E-state index is 0.0122. The summed E-state index contributed by atoms with van der Waals surface area (Å²) in [6, 6.07) is 14.6. The van der Waals surface area contributed by atoms with Crippen LogP contribution in [-0.4, -0.2) is 25.5 Å². The van der Waals surface area contributed by atoms with Crippen LogP contribution in [0.5, 0.6) is 17.2 Å². The maximum Gasteiger partial charge on any atom is 0.453 e. The van der Waals surface area contributed by atoms with E-state index in [1.54, 1.807) is 0 Å². The highest BCUT2D eigenvalue weighted by Gasteiger charge is 2.40. The van der Waals surface area contributed by atoms with Gasteiger partial charge in [0.15, 0.2) is 12.4 Å². The van der Waals surface area contributed by atoms with Crippen molar-refractivity contribution in [3.05, 3.63) is 98.9 Å². The predicted molar refractivity (Wildman–Crippen MR) is 127 cm³/mol. The minimum Gasteiger partial charge on any atom is -0.485 e. The van der Waals surface area contributed by atoms with Crippen LogP contribution in [0.15, 0.2) is 75.9 Å². The monoisotopic (exact) mass is 532 g/mol. The molecule has 4 rings (SSSR count). The largest absolute Gasteiger partial charge is 0.485 e. The Bertz CT molecular complexity index is 1530. The van der Waals surface area contributed by atoms with Gasteiger partial charge < -0.3 is 18.6 Å². The third-order valence-corrected chi connectivity index (χ3v) is 5.36. The van der Waals surface area contributed by atoms with Crippen LogP contribution in [-0.2, 0) is 10.9 Å². The van der Waals surface area contributed by atoms with Crippen molar-refractivity contribution < 1.29 is 41.4 Å². The van der Waals surface area contributed by atoms with Gasteiger partial charge in [0.1, 0.15) is 17.1 Å². The number of ketones is 1. The van der Waals surface area contributed by atoms with Gasteiger partial charge in [-0.2, -0.15) is 13.2 Å². The number of hydrogen-bond acceptors (Lipinski definition) is 7. The fourth-order valence-corrected chi connectivity index (χ4v) is 3.41. The highest BCUT2D eigenvalue weighted by atomic mass is 35.5. The fourth-order valence-electron chi connectivity index (χ4n) is 3.29. The molecule has 4 aromatic rings. The van der Waals surface area contributed by atoms with Crippen LogP contribution in [0.2, 0.25) is 5.02 Å². The lowest BCUT2D eigenvalue weighted by Crippen LogP contribution is -2.16. The molecule has 0 spiro atoms. The highest BCUT2D eigenvalue weighted by Crippen LogP contribution is 2.38. The Kier molecular flexibility index (Phi) is 7.21. The van der Waals surface area contributed by atoms with Crippen LogP contribution in [0.1, 0.15) is 26.5 Å². The Hall–Kier alpha value is -4.31. The first-order chi connectivity index (χ1) is 17.6. The molecule has 190 valence electrons. The lowest BCUT2D eigenvalue weighted by Gasteiger charge is -2.14. The van der Waals surface area contributed by atoms with E-state index in [0.717, 1.165) is 6.07 Å². The zero-order chi connectivity index (χ0) is 26.7. The van der Waals surface area contributed by atoms with Gasteiger partial charge in [-0.05, 0) is 60.7 Å². The molecule has 11 heteroatoms. The van der Waals surface area contributed by atoms with Crippen molar-refractivity contribution in [1.82, 2.24) is 0 Å². The smallest absolute Gasteiger partial charge is 0.453 e. The van der Waals surface area contributed by atoms with Crippen molar-refractivity contribution in [2.75, 3.05) is 13.7 Å². The maximum absolute atomic E-state index is 13.8. The van der Waals surface area contributed by atoms with Crippen LogP contribution in [0.3, 0.4) is 0 Å². The van der Waals surface area contributed by atoms with E-state index in [2.05, 4.69) is 4.74 Å². The number of carbonyl (C=O) groups excluding carboxylic acids is 2. The number of fused-ring (bicyclic) bond motifs is 1. The number of esters is 1. The Morgan fingerprint density at radius 2 is 1.54 bits per heavy atom. The predicted octanol–water partition coefficient (Wildman–Crippen LogP) is 6.31. The van der Waals surface area contributed by atoms with E-state index in [4.69, 9.17) is 25.5 Å². The summed E-state index contributed by atoms with van der Waals surface area (Å²) in [6.07, 6.45) is -5.07. The van der Waals surface area contributed by atoms with E-state index >= 15 is 0 Å². The summed E-state index contributed by atoms with van der Waals surface area (Å²) in [4.78, 5) is 36.8. The first-order valence-corrected chi connectivity index (χ1v) is 10.9. The van der Waals surface area contributed by atoms with E-state index in [0.29, 0.717) is 10.6 Å². The molecule has 0 N–H and O–H groups in total. The van der Waals surface area contributed by atoms with Crippen LogP contribution < -0.4 is 14.9 Å². The van der Waals surface area contributed by atoms with E-state index in [9.17, 15) is 27.6 Å². The molecule has 1 heterocycles. The van der Waals surface area contributed by atoms with Crippen LogP contribution in [0, 0.1) is 0 Å². The van der Waals surface area contributed by atoms with Gasteiger partial charge in [-0.1, -0.05) is 11.6 Å². The first-order valence-electron chi connectivity index (χ1n) is 10.5. The summed E-state index contributed by atoms with van der Waals surface area (Å²) in [5.41, 5.74) is -1.02. The van der Waals surface area contributed by atoms with Crippen molar-refractivity contribution in [1.29, 1.82) is 0 Å². The second-order valence-electron chi connectivity index (χ2n) is 7.58. The number of Topliss-reactive ketones (excluding diaryl/α,β-unsaturated/α-hetero) is 1. The molecule has 0 unspecified atom stereocenters. The summed E-state index contributed by atoms with van der Waals surface area (Å²) < 4.78 is 61.6. The number of benzene rings is 3. The quantitative estimate of drug-likeness (QED) is 0.203. The lowest BCUT2D eigenvalue weighted by atomic mass is 10.1. The normalized spacial score (nSPS) is 11.3. The summed E-state index contributed by atoms with van der Waals surface area (Å²) in [6.45, 7) is -0.410. The number of ether oxygens (including phenoxy) is 3. The number of carbonyl (C=O) groups is 2. The molecule has 3 aromatic carbocycles. The summed E-state index contributed by atoms with van der Waals surface area (Å²) in [7, 11) is 1.18. The van der Waals surface area contributed by atoms with Gasteiger partial charge in [-0.15, -0.1) is 0 Å². The molecule has 0 atom stereocenters. The molecule has 0 saturated carbocycles. The van der Waals surface area contributed by atoms with Gasteiger partial charge in [0.05, 0.1) is 18.1 Å². The molecular formula is C26H16ClF3O7. The number of alkyl halides is 3. The molecule has 0 saturated heterocycles. The van der Waals surface area contributed by atoms with E-state index < -0.39 is 47.1 Å². The lowest BCUT2D eigenvalue weighted by molar-refractivity contribution is -0.154. The van der Waals surface area contributed by atoms with E-state index in [1.807, 2.05) is 0 Å². The molecule has 1 aromatic heterocycles. The summed E-state index contributed by atoms with van der Waals surface area (Å²) >= 11 is 5.80. The Morgan fingerprint density at radius 3 is 2.16 bits per heavy atom. The van der Waals surface area contributed by atoms with E-state index in [1.165, 1.54) is 67.8 Å². The molecule has 0 aliphatic rings. The molecule has 0 radical (unpaired) electrons. The minimum atomic E-state index is -5.07. The molecule has 0 amide bonds. The van der Waals surface area contributed by atoms with Gasteiger partial charge in [0.25, 0.3) is 5.76 Å². The fraction of sp³-hybridized carbons (Fsp3) is 0.115. The molecule has 37 heavy (non-hydrogen) atoms.